The molecule has 1 heterocycles. The Bertz CT molecular complexity index is 703. The van der Waals surface area contributed by atoms with Crippen molar-refractivity contribution in [3.8, 4) is 0 Å². The monoisotopic (exact) mass is 306 g/mol. The Hall–Kier alpha value is -2.70. The van der Waals surface area contributed by atoms with E-state index in [-0.39, 0.29) is 11.4 Å². The number of urea groups is 1. The Morgan fingerprint density at radius 3 is 2.23 bits per heavy atom. The molecule has 1 atom stereocenters. The number of nitrogens with zero attached hydrogens (tertiary/aromatic N) is 2. The van der Waals surface area contributed by atoms with Gasteiger partial charge in [-0.05, 0) is 30.3 Å². The number of hydrogen-bond acceptors (Lipinski definition) is 2. The van der Waals surface area contributed by atoms with Gasteiger partial charge < -0.3 is 10.6 Å². The van der Waals surface area contributed by atoms with Crippen molar-refractivity contribution in [1.82, 2.24) is 0 Å². The van der Waals surface area contributed by atoms with E-state index in [2.05, 4.69) is 6.07 Å². The van der Waals surface area contributed by atoms with E-state index in [0.29, 0.717) is 10.6 Å². The lowest BCUT2D eigenvalue weighted by molar-refractivity contribution is -0.143. The van der Waals surface area contributed by atoms with Crippen molar-refractivity contribution in [1.29, 1.82) is 0 Å². The van der Waals surface area contributed by atoms with Crippen LogP contribution in [0.25, 0.3) is 0 Å². The van der Waals surface area contributed by atoms with Crippen LogP contribution >= 0.6 is 0 Å². The Kier molecular flexibility index (Phi) is 3.20. The highest BCUT2D eigenvalue weighted by molar-refractivity contribution is 6.00. The number of halogens is 3. The molecule has 1 unspecified atom stereocenters. The molecule has 113 valence electrons. The third kappa shape index (κ3) is 2.14. The summed E-state index contributed by atoms with van der Waals surface area (Å²) in [5, 5.41) is 0. The average Bonchev–Trinajstić information content (AvgIpc) is 2.83. The number of fused-ring (bicyclic) bond motifs is 1. The maximum absolute atomic E-state index is 13.6. The standard InChI is InChI=1S/C15H11F3N3O/c16-15(17,18)13-20(10-6-2-1-3-7-10)11-8-4-5-9-12(11)21(13)14(19)22/h2-9,13H,(H2,19,22). The molecule has 2 aromatic carbocycles. The van der Waals surface area contributed by atoms with Crippen LogP contribution in [0.15, 0.2) is 48.5 Å². The topological polar surface area (TPSA) is 49.6 Å². The average molecular weight is 306 g/mol. The highest BCUT2D eigenvalue weighted by Gasteiger charge is 2.54. The summed E-state index contributed by atoms with van der Waals surface area (Å²) >= 11 is 0. The summed E-state index contributed by atoms with van der Waals surface area (Å²) < 4.78 is 40.7. The quantitative estimate of drug-likeness (QED) is 0.877. The van der Waals surface area contributed by atoms with Crippen LogP contribution in [-0.4, -0.2) is 18.4 Å². The molecular formula is C15H11F3N3O. The van der Waals surface area contributed by atoms with Crippen LogP contribution in [0.2, 0.25) is 0 Å². The van der Waals surface area contributed by atoms with Gasteiger partial charge in [0.2, 0.25) is 6.17 Å². The van der Waals surface area contributed by atoms with Gasteiger partial charge in [-0.15, -0.1) is 0 Å². The number of nitrogens with two attached hydrogens (primary N) is 1. The maximum Gasteiger partial charge on any atom is 0.428 e. The Balaban J connectivity index is 2.23. The number of alkyl halides is 3. The van der Waals surface area contributed by atoms with Gasteiger partial charge in [0.05, 0.1) is 11.4 Å². The van der Waals surface area contributed by atoms with Crippen molar-refractivity contribution in [2.45, 2.75) is 12.3 Å². The lowest BCUT2D eigenvalue weighted by atomic mass is 10.2. The predicted molar refractivity (Wildman–Crippen MR) is 75.8 cm³/mol. The molecular weight excluding hydrogens is 295 g/mol. The number of benzene rings is 2. The summed E-state index contributed by atoms with van der Waals surface area (Å²) in [7, 11) is 0. The van der Waals surface area contributed by atoms with Gasteiger partial charge in [-0.2, -0.15) is 13.2 Å². The van der Waals surface area contributed by atoms with Gasteiger partial charge in [0, 0.05) is 5.69 Å². The fourth-order valence-electron chi connectivity index (χ4n) is 2.60. The second-order valence-corrected chi connectivity index (χ2v) is 4.74. The minimum Gasteiger partial charge on any atom is -0.351 e. The molecule has 0 aromatic heterocycles. The fourth-order valence-corrected chi connectivity index (χ4v) is 2.60. The number of para-hydroxylation sites is 2. The smallest absolute Gasteiger partial charge is 0.351 e. The molecule has 7 heteroatoms. The molecule has 0 fully saturated rings. The third-order valence-electron chi connectivity index (χ3n) is 3.40. The zero-order chi connectivity index (χ0) is 15.9. The summed E-state index contributed by atoms with van der Waals surface area (Å²) in [4.78, 5) is 13.2. The highest BCUT2D eigenvalue weighted by Crippen LogP contribution is 2.48. The predicted octanol–water partition coefficient (Wildman–Crippen LogP) is 3.41. The molecule has 1 aliphatic heterocycles. The van der Waals surface area contributed by atoms with Crippen LogP contribution in [0.1, 0.15) is 0 Å². The van der Waals surface area contributed by atoms with Crippen LogP contribution in [0.3, 0.4) is 0 Å². The molecule has 1 radical (unpaired) electrons. The summed E-state index contributed by atoms with van der Waals surface area (Å²) in [5.74, 6) is 0. The third-order valence-corrected chi connectivity index (χ3v) is 3.40. The molecule has 2 aromatic rings. The highest BCUT2D eigenvalue weighted by atomic mass is 19.4. The number of amides is 2. The number of carbonyl (C=O) groups is 1. The van der Waals surface area contributed by atoms with Crippen molar-refractivity contribution in [2.75, 3.05) is 9.80 Å². The summed E-state index contributed by atoms with van der Waals surface area (Å²) in [6, 6.07) is 13.8. The SMILES string of the molecule is NC(=O)N1c2ccccc2N(c2cc[c]cc2)C1C(F)(F)F. The second kappa shape index (κ2) is 4.94. The Morgan fingerprint density at radius 2 is 1.68 bits per heavy atom. The lowest BCUT2D eigenvalue weighted by Crippen LogP contribution is -2.55. The number of primary amides is 1. The van der Waals surface area contributed by atoms with Crippen molar-refractivity contribution < 1.29 is 18.0 Å². The molecule has 22 heavy (non-hydrogen) atoms. The van der Waals surface area contributed by atoms with Crippen LogP contribution < -0.4 is 15.5 Å². The van der Waals surface area contributed by atoms with Gasteiger partial charge in [0.25, 0.3) is 0 Å². The molecule has 2 N–H and O–H groups in total. The molecule has 0 spiro atoms. The molecule has 0 saturated heterocycles. The van der Waals surface area contributed by atoms with Gasteiger partial charge in [0.15, 0.2) is 0 Å². The molecule has 0 aliphatic carbocycles. The summed E-state index contributed by atoms with van der Waals surface area (Å²) in [6.45, 7) is 0. The van der Waals surface area contributed by atoms with Crippen molar-refractivity contribution in [3.63, 3.8) is 0 Å². The molecule has 3 rings (SSSR count). The first-order valence-corrected chi connectivity index (χ1v) is 6.41. The summed E-state index contributed by atoms with van der Waals surface area (Å²) in [5.41, 5.74) is 5.90. The van der Waals surface area contributed by atoms with E-state index < -0.39 is 18.4 Å². The van der Waals surface area contributed by atoms with E-state index in [1.54, 1.807) is 12.1 Å². The van der Waals surface area contributed by atoms with E-state index in [0.717, 1.165) is 4.90 Å². The minimum absolute atomic E-state index is 0.130. The van der Waals surface area contributed by atoms with E-state index in [9.17, 15) is 18.0 Å². The number of carbonyl (C=O) groups excluding carboxylic acids is 1. The molecule has 4 nitrogen and oxygen atoms in total. The number of hydrogen-bond donors (Lipinski definition) is 1. The van der Waals surface area contributed by atoms with E-state index in [1.807, 2.05) is 0 Å². The van der Waals surface area contributed by atoms with Crippen molar-refractivity contribution in [2.24, 2.45) is 5.73 Å². The largest absolute Gasteiger partial charge is 0.428 e. The van der Waals surface area contributed by atoms with Crippen LogP contribution in [0, 0.1) is 6.07 Å². The Labute approximate surface area is 124 Å². The van der Waals surface area contributed by atoms with Gasteiger partial charge in [-0.25, -0.2) is 4.79 Å². The Morgan fingerprint density at radius 1 is 1.09 bits per heavy atom. The molecule has 0 bridgehead atoms. The normalized spacial score (nSPS) is 17.5. The first kappa shape index (κ1) is 14.2. The van der Waals surface area contributed by atoms with Crippen LogP contribution in [0.5, 0.6) is 0 Å². The lowest BCUT2D eigenvalue weighted by Gasteiger charge is -2.32. The fraction of sp³-hybridized carbons (Fsp3) is 0.133. The number of rotatable bonds is 1. The van der Waals surface area contributed by atoms with Gasteiger partial charge in [-0.1, -0.05) is 24.3 Å². The minimum atomic E-state index is -4.67. The van der Waals surface area contributed by atoms with Gasteiger partial charge in [-0.3, -0.25) is 4.90 Å². The van der Waals surface area contributed by atoms with Crippen molar-refractivity contribution in [3.05, 3.63) is 54.6 Å². The zero-order valence-electron chi connectivity index (χ0n) is 11.2. The van der Waals surface area contributed by atoms with Crippen LogP contribution in [0.4, 0.5) is 35.0 Å². The maximum atomic E-state index is 13.6. The molecule has 0 saturated carbocycles. The van der Waals surface area contributed by atoms with Gasteiger partial charge >= 0.3 is 12.2 Å². The first-order chi connectivity index (χ1) is 10.4. The first-order valence-electron chi connectivity index (χ1n) is 6.41. The number of anilines is 3. The van der Waals surface area contributed by atoms with E-state index in [4.69, 9.17) is 5.73 Å². The molecule has 2 amide bonds. The van der Waals surface area contributed by atoms with E-state index in [1.165, 1.54) is 36.4 Å². The van der Waals surface area contributed by atoms with E-state index >= 15 is 0 Å². The summed E-state index contributed by atoms with van der Waals surface area (Å²) in [6.07, 6.45) is -6.85. The van der Waals surface area contributed by atoms with Gasteiger partial charge in [0.1, 0.15) is 0 Å². The van der Waals surface area contributed by atoms with Crippen LogP contribution in [-0.2, 0) is 0 Å². The van der Waals surface area contributed by atoms with Crippen molar-refractivity contribution >= 4 is 23.1 Å². The molecule has 1 aliphatic rings. The zero-order valence-corrected chi connectivity index (χ0v) is 11.2. The second-order valence-electron chi connectivity index (χ2n) is 4.74.